The van der Waals surface area contributed by atoms with Crippen LogP contribution in [-0.4, -0.2) is 62.0 Å². The van der Waals surface area contributed by atoms with Crippen molar-refractivity contribution in [1.29, 1.82) is 0 Å². The number of ether oxygens (including phenoxy) is 3. The van der Waals surface area contributed by atoms with Gasteiger partial charge in [0.2, 0.25) is 5.91 Å². The monoisotopic (exact) mass is 468 g/mol. The van der Waals surface area contributed by atoms with E-state index in [0.29, 0.717) is 42.2 Å². The lowest BCUT2D eigenvalue weighted by Gasteiger charge is -2.25. The number of methoxy groups -OCH3 is 1. The van der Waals surface area contributed by atoms with Gasteiger partial charge in [0, 0.05) is 29.4 Å². The number of aromatic amines is 1. The van der Waals surface area contributed by atoms with Gasteiger partial charge < -0.3 is 24.4 Å². The molecule has 0 radical (unpaired) electrons. The maximum absolute atomic E-state index is 15.1. The number of nitrogens with zero attached hydrogens (tertiary/aromatic N) is 2. The van der Waals surface area contributed by atoms with Gasteiger partial charge in [-0.3, -0.25) is 9.89 Å². The number of fused-ring (bicyclic) bond motifs is 1. The van der Waals surface area contributed by atoms with Crippen molar-refractivity contribution < 1.29 is 23.4 Å². The summed E-state index contributed by atoms with van der Waals surface area (Å²) in [6.45, 7) is 3.10. The second-order valence-electron chi connectivity index (χ2n) is 8.56. The minimum Gasteiger partial charge on any atom is -0.497 e. The number of nitrogens with one attached hydrogen (secondary N) is 2. The van der Waals surface area contributed by atoms with Crippen LogP contribution in [0.2, 0.25) is 0 Å². The van der Waals surface area contributed by atoms with Crippen molar-refractivity contribution in [2.45, 2.75) is 13.3 Å². The standard InChI is InChI=1S/C25H29FN4O4/c1-15-20(13-27-29-15)19-11-24(33-8-7-30(2)3)22(12-21(19)26)28-25(31)17-9-16-10-18(32-4)5-6-23(16)34-14-17/h5-6,10-13,17H,7-9,14H2,1-4H3,(H,27,29)(H,28,31)/t17-/m0/s1. The molecule has 180 valence electrons. The Hall–Kier alpha value is -3.59. The predicted molar refractivity (Wildman–Crippen MR) is 127 cm³/mol. The predicted octanol–water partition coefficient (Wildman–Crippen LogP) is 3.66. The van der Waals surface area contributed by atoms with Gasteiger partial charge in [-0.25, -0.2) is 4.39 Å². The zero-order valence-corrected chi connectivity index (χ0v) is 19.8. The van der Waals surface area contributed by atoms with Gasteiger partial charge in [-0.1, -0.05) is 0 Å². The molecule has 0 bridgehead atoms. The van der Waals surface area contributed by atoms with Crippen LogP contribution in [0.4, 0.5) is 10.1 Å². The maximum Gasteiger partial charge on any atom is 0.231 e. The van der Waals surface area contributed by atoms with E-state index in [4.69, 9.17) is 14.2 Å². The molecule has 9 heteroatoms. The molecule has 8 nitrogen and oxygen atoms in total. The van der Waals surface area contributed by atoms with Crippen LogP contribution in [0.5, 0.6) is 17.2 Å². The van der Waals surface area contributed by atoms with Gasteiger partial charge in [-0.15, -0.1) is 0 Å². The van der Waals surface area contributed by atoms with Crippen LogP contribution >= 0.6 is 0 Å². The van der Waals surface area contributed by atoms with Crippen molar-refractivity contribution in [2.24, 2.45) is 5.92 Å². The lowest BCUT2D eigenvalue weighted by Crippen LogP contribution is -2.32. The Balaban J connectivity index is 1.57. The number of carbonyl (C=O) groups is 1. The second kappa shape index (κ2) is 10.1. The highest BCUT2D eigenvalue weighted by molar-refractivity contribution is 5.95. The van der Waals surface area contributed by atoms with Crippen molar-refractivity contribution in [2.75, 3.05) is 46.3 Å². The Bertz CT molecular complexity index is 1180. The van der Waals surface area contributed by atoms with E-state index < -0.39 is 11.7 Å². The van der Waals surface area contributed by atoms with E-state index in [-0.39, 0.29) is 18.2 Å². The molecule has 3 aromatic rings. The summed E-state index contributed by atoms with van der Waals surface area (Å²) in [7, 11) is 5.47. The summed E-state index contributed by atoms with van der Waals surface area (Å²) in [6, 6.07) is 8.43. The van der Waals surface area contributed by atoms with Crippen LogP contribution in [-0.2, 0) is 11.2 Å². The van der Waals surface area contributed by atoms with E-state index in [0.717, 1.165) is 17.0 Å². The molecule has 0 spiro atoms. The van der Waals surface area contributed by atoms with Crippen LogP contribution in [0.15, 0.2) is 36.5 Å². The number of rotatable bonds is 8. The van der Waals surface area contributed by atoms with Gasteiger partial charge in [0.25, 0.3) is 0 Å². The van der Waals surface area contributed by atoms with Crippen LogP contribution in [0.1, 0.15) is 11.3 Å². The Morgan fingerprint density at radius 3 is 2.82 bits per heavy atom. The summed E-state index contributed by atoms with van der Waals surface area (Å²) in [5.41, 5.74) is 2.90. The minimum absolute atomic E-state index is 0.233. The van der Waals surface area contributed by atoms with Gasteiger partial charge >= 0.3 is 0 Å². The smallest absolute Gasteiger partial charge is 0.231 e. The molecular weight excluding hydrogens is 439 g/mol. The number of hydrogen-bond donors (Lipinski definition) is 2. The molecule has 0 fully saturated rings. The number of hydrogen-bond acceptors (Lipinski definition) is 6. The zero-order chi connectivity index (χ0) is 24.2. The van der Waals surface area contributed by atoms with Crippen LogP contribution < -0.4 is 19.5 Å². The van der Waals surface area contributed by atoms with Crippen LogP contribution in [0.25, 0.3) is 11.1 Å². The summed E-state index contributed by atoms with van der Waals surface area (Å²) in [5, 5.41) is 9.66. The van der Waals surface area contributed by atoms with Crippen LogP contribution in [0, 0.1) is 18.7 Å². The van der Waals surface area contributed by atoms with Crippen LogP contribution in [0.3, 0.4) is 0 Å². The summed E-state index contributed by atoms with van der Waals surface area (Å²) in [4.78, 5) is 15.1. The van der Waals surface area contributed by atoms with Gasteiger partial charge in [0.05, 0.1) is 24.9 Å². The normalized spacial score (nSPS) is 14.9. The molecule has 1 amide bonds. The molecule has 0 unspecified atom stereocenters. The number of anilines is 1. The first-order valence-corrected chi connectivity index (χ1v) is 11.1. The van der Waals surface area contributed by atoms with Crippen molar-refractivity contribution in [1.82, 2.24) is 15.1 Å². The average Bonchev–Trinajstić information content (AvgIpc) is 3.24. The highest BCUT2D eigenvalue weighted by Crippen LogP contribution is 2.36. The molecule has 1 aliphatic heterocycles. The summed E-state index contributed by atoms with van der Waals surface area (Å²) in [5.74, 6) is 0.655. The minimum atomic E-state index is -0.477. The molecular formula is C25H29FN4O4. The lowest BCUT2D eigenvalue weighted by molar-refractivity contribution is -0.121. The average molecular weight is 469 g/mol. The third kappa shape index (κ3) is 5.14. The molecule has 1 atom stereocenters. The Morgan fingerprint density at radius 1 is 1.29 bits per heavy atom. The topological polar surface area (TPSA) is 88.7 Å². The van der Waals surface area contributed by atoms with Crippen molar-refractivity contribution in [3.63, 3.8) is 0 Å². The van der Waals surface area contributed by atoms with Crippen molar-refractivity contribution in [3.8, 4) is 28.4 Å². The first kappa shape index (κ1) is 23.6. The van der Waals surface area contributed by atoms with Crippen molar-refractivity contribution >= 4 is 11.6 Å². The number of likely N-dealkylation sites (N-methyl/N-ethyl adjacent to an activating group) is 1. The van der Waals surface area contributed by atoms with E-state index in [1.807, 2.05) is 44.1 Å². The molecule has 2 heterocycles. The Labute approximate surface area is 198 Å². The molecule has 1 aliphatic rings. The quantitative estimate of drug-likeness (QED) is 0.525. The maximum atomic E-state index is 15.1. The second-order valence-corrected chi connectivity index (χ2v) is 8.56. The first-order chi connectivity index (χ1) is 16.4. The summed E-state index contributed by atoms with van der Waals surface area (Å²) >= 11 is 0. The number of halogens is 1. The number of benzene rings is 2. The molecule has 1 aromatic heterocycles. The fraction of sp³-hybridized carbons (Fsp3) is 0.360. The molecule has 34 heavy (non-hydrogen) atoms. The molecule has 0 aliphatic carbocycles. The number of carbonyl (C=O) groups excluding carboxylic acids is 1. The fourth-order valence-corrected chi connectivity index (χ4v) is 3.84. The molecule has 2 aromatic carbocycles. The zero-order valence-electron chi connectivity index (χ0n) is 19.8. The number of aryl methyl sites for hydroxylation is 1. The first-order valence-electron chi connectivity index (χ1n) is 11.1. The fourth-order valence-electron chi connectivity index (χ4n) is 3.84. The number of amides is 1. The summed E-state index contributed by atoms with van der Waals surface area (Å²) < 4.78 is 32.1. The Kier molecular flexibility index (Phi) is 7.02. The van der Waals surface area contributed by atoms with E-state index in [1.165, 1.54) is 6.07 Å². The lowest BCUT2D eigenvalue weighted by atomic mass is 9.95. The highest BCUT2D eigenvalue weighted by Gasteiger charge is 2.28. The number of H-pyrrole nitrogens is 1. The highest BCUT2D eigenvalue weighted by atomic mass is 19.1. The van der Waals surface area contributed by atoms with Gasteiger partial charge in [0.15, 0.2) is 0 Å². The molecule has 0 saturated carbocycles. The SMILES string of the molecule is COc1ccc2c(c1)C[C@H](C(=O)Nc1cc(F)c(-c3cn[nH]c3C)cc1OCCN(C)C)CO2. The van der Waals surface area contributed by atoms with Gasteiger partial charge in [-0.05, 0) is 57.3 Å². The largest absolute Gasteiger partial charge is 0.497 e. The van der Waals surface area contributed by atoms with Gasteiger partial charge in [0.1, 0.15) is 36.3 Å². The summed E-state index contributed by atoms with van der Waals surface area (Å²) in [6.07, 6.45) is 2.06. The van der Waals surface area contributed by atoms with E-state index in [9.17, 15) is 4.79 Å². The third-order valence-corrected chi connectivity index (χ3v) is 5.79. The number of aromatic nitrogens is 2. The van der Waals surface area contributed by atoms with E-state index >= 15 is 4.39 Å². The van der Waals surface area contributed by atoms with Crippen molar-refractivity contribution in [3.05, 3.63) is 53.6 Å². The van der Waals surface area contributed by atoms with E-state index in [2.05, 4.69) is 15.5 Å². The van der Waals surface area contributed by atoms with E-state index in [1.54, 1.807) is 19.4 Å². The molecule has 2 N–H and O–H groups in total. The molecule has 0 saturated heterocycles. The Morgan fingerprint density at radius 2 is 2.12 bits per heavy atom. The van der Waals surface area contributed by atoms with Gasteiger partial charge in [-0.2, -0.15) is 5.10 Å². The third-order valence-electron chi connectivity index (χ3n) is 5.79. The molecule has 4 rings (SSSR count).